The van der Waals surface area contributed by atoms with Crippen LogP contribution in [0.3, 0.4) is 0 Å². The molecule has 2 atom stereocenters. The van der Waals surface area contributed by atoms with Crippen molar-refractivity contribution in [2.75, 3.05) is 6.61 Å². The van der Waals surface area contributed by atoms with Crippen LogP contribution in [0.2, 0.25) is 0 Å². The van der Waals surface area contributed by atoms with E-state index in [0.29, 0.717) is 5.56 Å². The van der Waals surface area contributed by atoms with E-state index in [-0.39, 0.29) is 5.78 Å². The van der Waals surface area contributed by atoms with Crippen LogP contribution in [-0.4, -0.2) is 33.8 Å². The summed E-state index contributed by atoms with van der Waals surface area (Å²) in [6.07, 6.45) is 0.938. The van der Waals surface area contributed by atoms with E-state index >= 15 is 0 Å². The molecule has 0 aliphatic rings. The minimum atomic E-state index is -1.20. The predicted octanol–water partition coefficient (Wildman–Crippen LogP) is 1.70. The third-order valence-corrected chi connectivity index (χ3v) is 3.00. The summed E-state index contributed by atoms with van der Waals surface area (Å²) < 4.78 is 0. The molecule has 0 saturated carbocycles. The van der Waals surface area contributed by atoms with Crippen LogP contribution in [0, 0.1) is 5.41 Å². The smallest absolute Gasteiger partial charge is 0.161 e. The van der Waals surface area contributed by atoms with E-state index in [2.05, 4.69) is 0 Å². The summed E-state index contributed by atoms with van der Waals surface area (Å²) in [5.74, 6) is 0.0392. The highest BCUT2D eigenvalue weighted by molar-refractivity contribution is 5.97. The van der Waals surface area contributed by atoms with Crippen molar-refractivity contribution in [1.29, 1.82) is 0 Å². The van der Waals surface area contributed by atoms with E-state index in [1.54, 1.807) is 30.3 Å². The monoisotopic (exact) mass is 278 g/mol. The van der Waals surface area contributed by atoms with Crippen LogP contribution in [0.1, 0.15) is 38.0 Å². The van der Waals surface area contributed by atoms with Crippen molar-refractivity contribution in [3.63, 3.8) is 0 Å². The predicted molar refractivity (Wildman–Crippen MR) is 78.0 cm³/mol. The van der Waals surface area contributed by atoms with Crippen molar-refractivity contribution in [2.24, 2.45) is 5.41 Å². The number of allylic oxidation sites excluding steroid dienone is 1. The standard InChI is InChI=1S/C16H22O4/c1-16(2,3)14(19)9-6-11-4-7-12(8-5-11)15(20)13(18)10-17/h4-9,13,15,17-18,20H,10H2,1-3H3. The molecule has 0 radical (unpaired) electrons. The largest absolute Gasteiger partial charge is 0.394 e. The van der Waals surface area contributed by atoms with Crippen molar-refractivity contribution in [1.82, 2.24) is 0 Å². The molecule has 3 N–H and O–H groups in total. The molecule has 0 aliphatic carbocycles. The van der Waals surface area contributed by atoms with Gasteiger partial charge in [-0.2, -0.15) is 0 Å². The first-order valence-electron chi connectivity index (χ1n) is 6.55. The summed E-state index contributed by atoms with van der Waals surface area (Å²) in [4.78, 5) is 11.8. The summed E-state index contributed by atoms with van der Waals surface area (Å²) >= 11 is 0. The van der Waals surface area contributed by atoms with Crippen LogP contribution >= 0.6 is 0 Å². The van der Waals surface area contributed by atoms with E-state index in [0.717, 1.165) is 5.56 Å². The van der Waals surface area contributed by atoms with E-state index in [1.165, 1.54) is 6.08 Å². The Balaban J connectivity index is 2.77. The molecule has 1 rings (SSSR count). The molecule has 110 valence electrons. The Kier molecular flexibility index (Phi) is 5.62. The van der Waals surface area contributed by atoms with Crippen LogP contribution in [0.15, 0.2) is 30.3 Å². The molecule has 0 spiro atoms. The van der Waals surface area contributed by atoms with Gasteiger partial charge in [0.2, 0.25) is 0 Å². The molecule has 1 aromatic carbocycles. The lowest BCUT2D eigenvalue weighted by Crippen LogP contribution is -2.21. The molecular formula is C16H22O4. The maximum atomic E-state index is 11.8. The first-order valence-corrected chi connectivity index (χ1v) is 6.55. The zero-order valence-electron chi connectivity index (χ0n) is 12.1. The van der Waals surface area contributed by atoms with Gasteiger partial charge < -0.3 is 15.3 Å². The highest BCUT2D eigenvalue weighted by atomic mass is 16.4. The van der Waals surface area contributed by atoms with E-state index in [1.807, 2.05) is 20.8 Å². The average Bonchev–Trinajstić information content (AvgIpc) is 2.42. The Labute approximate surface area is 119 Å². The minimum Gasteiger partial charge on any atom is -0.394 e. The van der Waals surface area contributed by atoms with Crippen molar-refractivity contribution >= 4 is 11.9 Å². The maximum Gasteiger partial charge on any atom is 0.161 e. The number of benzene rings is 1. The molecule has 0 bridgehead atoms. The number of hydrogen-bond donors (Lipinski definition) is 3. The van der Waals surface area contributed by atoms with Crippen molar-refractivity contribution in [3.8, 4) is 0 Å². The Hall–Kier alpha value is -1.49. The Morgan fingerprint density at radius 2 is 1.75 bits per heavy atom. The lowest BCUT2D eigenvalue weighted by atomic mass is 9.90. The number of aliphatic hydroxyl groups is 3. The van der Waals surface area contributed by atoms with Gasteiger partial charge in [-0.3, -0.25) is 4.79 Å². The molecule has 2 unspecified atom stereocenters. The fourth-order valence-corrected chi connectivity index (χ4v) is 1.55. The number of hydrogen-bond acceptors (Lipinski definition) is 4. The Bertz CT molecular complexity index is 468. The second-order valence-electron chi connectivity index (χ2n) is 5.81. The quantitative estimate of drug-likeness (QED) is 0.716. The lowest BCUT2D eigenvalue weighted by Gasteiger charge is -2.16. The number of carbonyl (C=O) groups excluding carboxylic acids is 1. The summed E-state index contributed by atoms with van der Waals surface area (Å²) in [7, 11) is 0. The van der Waals surface area contributed by atoms with E-state index < -0.39 is 24.2 Å². The van der Waals surface area contributed by atoms with Gasteiger partial charge in [0.1, 0.15) is 12.2 Å². The van der Waals surface area contributed by atoms with Gasteiger partial charge >= 0.3 is 0 Å². The van der Waals surface area contributed by atoms with Gasteiger partial charge in [0.25, 0.3) is 0 Å². The molecule has 1 aromatic rings. The first-order chi connectivity index (χ1) is 9.25. The van der Waals surface area contributed by atoms with Gasteiger partial charge in [0.15, 0.2) is 5.78 Å². The zero-order chi connectivity index (χ0) is 15.3. The van der Waals surface area contributed by atoms with Gasteiger partial charge in [-0.1, -0.05) is 51.1 Å². The van der Waals surface area contributed by atoms with Crippen molar-refractivity contribution in [3.05, 3.63) is 41.5 Å². The molecule has 20 heavy (non-hydrogen) atoms. The second-order valence-corrected chi connectivity index (χ2v) is 5.81. The van der Waals surface area contributed by atoms with Crippen LogP contribution < -0.4 is 0 Å². The fraction of sp³-hybridized carbons (Fsp3) is 0.438. The van der Waals surface area contributed by atoms with Gasteiger partial charge in [0, 0.05) is 5.41 Å². The third-order valence-electron chi connectivity index (χ3n) is 3.00. The summed E-state index contributed by atoms with van der Waals surface area (Å²) in [6.45, 7) is 5.07. The summed E-state index contributed by atoms with van der Waals surface area (Å²) in [5, 5.41) is 27.9. The van der Waals surface area contributed by atoms with Gasteiger partial charge in [-0.25, -0.2) is 0 Å². The van der Waals surface area contributed by atoms with E-state index in [9.17, 15) is 15.0 Å². The SMILES string of the molecule is CC(C)(C)C(=O)C=Cc1ccc(C(O)C(O)CO)cc1. The third kappa shape index (κ3) is 4.56. The lowest BCUT2D eigenvalue weighted by molar-refractivity contribution is -0.121. The number of ketones is 1. The first kappa shape index (κ1) is 16.6. The molecule has 4 nitrogen and oxygen atoms in total. The summed E-state index contributed by atoms with van der Waals surface area (Å²) in [6, 6.07) is 6.81. The van der Waals surface area contributed by atoms with Crippen LogP contribution in [0.5, 0.6) is 0 Å². The maximum absolute atomic E-state index is 11.8. The van der Waals surface area contributed by atoms with Crippen LogP contribution in [-0.2, 0) is 4.79 Å². The molecule has 0 saturated heterocycles. The zero-order valence-corrected chi connectivity index (χ0v) is 12.1. The van der Waals surface area contributed by atoms with Gasteiger partial charge in [0.05, 0.1) is 6.61 Å². The van der Waals surface area contributed by atoms with Crippen molar-refractivity contribution in [2.45, 2.75) is 33.0 Å². The second kappa shape index (κ2) is 6.79. The fourth-order valence-electron chi connectivity index (χ4n) is 1.55. The molecule has 4 heteroatoms. The van der Waals surface area contributed by atoms with Crippen molar-refractivity contribution < 1.29 is 20.1 Å². The van der Waals surface area contributed by atoms with Crippen LogP contribution in [0.4, 0.5) is 0 Å². The van der Waals surface area contributed by atoms with Gasteiger partial charge in [-0.05, 0) is 17.2 Å². The topological polar surface area (TPSA) is 77.8 Å². The highest BCUT2D eigenvalue weighted by Crippen LogP contribution is 2.19. The van der Waals surface area contributed by atoms with Gasteiger partial charge in [-0.15, -0.1) is 0 Å². The van der Waals surface area contributed by atoms with E-state index in [4.69, 9.17) is 5.11 Å². The Morgan fingerprint density at radius 3 is 2.20 bits per heavy atom. The molecule has 0 aromatic heterocycles. The number of carbonyl (C=O) groups is 1. The summed E-state index contributed by atoms with van der Waals surface area (Å²) in [5.41, 5.74) is 0.945. The molecule has 0 aliphatic heterocycles. The minimum absolute atomic E-state index is 0.0392. The highest BCUT2D eigenvalue weighted by Gasteiger charge is 2.18. The number of rotatable bonds is 5. The molecule has 0 fully saturated rings. The molecule has 0 amide bonds. The average molecular weight is 278 g/mol. The normalized spacial score (nSPS) is 15.3. The molecule has 0 heterocycles. The van der Waals surface area contributed by atoms with Crippen LogP contribution in [0.25, 0.3) is 6.08 Å². The number of aliphatic hydroxyl groups excluding tert-OH is 3. The molecular weight excluding hydrogens is 256 g/mol. The Morgan fingerprint density at radius 1 is 1.20 bits per heavy atom.